The minimum Gasteiger partial charge on any atom is -0.497 e. The Balaban J connectivity index is 2.04. The number of amides is 1. The van der Waals surface area contributed by atoms with Crippen LogP contribution in [0.15, 0.2) is 36.5 Å². The minimum absolute atomic E-state index is 0.0802. The van der Waals surface area contributed by atoms with Crippen LogP contribution in [0.25, 0.3) is 11.1 Å². The molecule has 0 saturated heterocycles. The third-order valence-electron chi connectivity index (χ3n) is 5.35. The average Bonchev–Trinajstić information content (AvgIpc) is 2.75. The topological polar surface area (TPSA) is 83.9 Å². The molecule has 1 amide bonds. The van der Waals surface area contributed by atoms with Crippen molar-refractivity contribution in [2.75, 3.05) is 33.9 Å². The van der Waals surface area contributed by atoms with E-state index in [9.17, 15) is 9.90 Å². The van der Waals surface area contributed by atoms with Crippen molar-refractivity contribution >= 4 is 5.91 Å². The highest BCUT2D eigenvalue weighted by atomic mass is 16.5. The third kappa shape index (κ3) is 4.52. The average molecular weight is 399 g/mol. The first-order chi connectivity index (χ1) is 14.0. The maximum absolute atomic E-state index is 13.3. The monoisotopic (exact) mass is 399 g/mol. The van der Waals surface area contributed by atoms with Crippen molar-refractivity contribution in [3.8, 4) is 22.8 Å². The number of carbonyl (C=O) groups is 1. The van der Waals surface area contributed by atoms with Crippen LogP contribution in [-0.4, -0.2) is 66.9 Å². The first-order valence-corrected chi connectivity index (χ1v) is 9.86. The Morgan fingerprint density at radius 3 is 2.69 bits per heavy atom. The van der Waals surface area contributed by atoms with Gasteiger partial charge in [0.2, 0.25) is 5.88 Å². The van der Waals surface area contributed by atoms with Gasteiger partial charge in [0, 0.05) is 30.8 Å². The number of pyridine rings is 1. The van der Waals surface area contributed by atoms with E-state index in [0.717, 1.165) is 16.9 Å². The molecule has 2 heterocycles. The summed E-state index contributed by atoms with van der Waals surface area (Å²) >= 11 is 0. The maximum Gasteiger partial charge on any atom is 0.259 e. The van der Waals surface area contributed by atoms with E-state index in [1.54, 1.807) is 18.2 Å². The van der Waals surface area contributed by atoms with Crippen molar-refractivity contribution in [3.63, 3.8) is 0 Å². The van der Waals surface area contributed by atoms with E-state index in [1.165, 1.54) is 0 Å². The zero-order valence-electron chi connectivity index (χ0n) is 17.4. The van der Waals surface area contributed by atoms with E-state index in [0.29, 0.717) is 24.5 Å². The summed E-state index contributed by atoms with van der Waals surface area (Å²) in [6, 6.07) is 9.11. The second kappa shape index (κ2) is 9.24. The summed E-state index contributed by atoms with van der Waals surface area (Å²) < 4.78 is 11.4. The van der Waals surface area contributed by atoms with Crippen LogP contribution in [0.2, 0.25) is 0 Å². The highest BCUT2D eigenvalue weighted by molar-refractivity contribution is 5.98. The first-order valence-electron chi connectivity index (χ1n) is 9.86. The summed E-state index contributed by atoms with van der Waals surface area (Å²) in [6.07, 6.45) is 1.58. The highest BCUT2D eigenvalue weighted by Gasteiger charge is 2.33. The minimum atomic E-state index is -0.296. The van der Waals surface area contributed by atoms with E-state index in [2.05, 4.69) is 10.3 Å². The van der Waals surface area contributed by atoms with Crippen molar-refractivity contribution in [1.82, 2.24) is 15.2 Å². The van der Waals surface area contributed by atoms with Gasteiger partial charge in [-0.05, 0) is 37.7 Å². The standard InChI is InChI=1S/C22H29N3O4/c1-14-12-25(15(2)13-26)22(27)19-9-17(16-5-7-18(28-4)8-6-16)10-24-21(19)29-20(14)11-23-3/h5-10,14-15,20,23,26H,11-13H2,1-4H3/t14-,15+,20-/m0/s1. The van der Waals surface area contributed by atoms with Gasteiger partial charge in [-0.2, -0.15) is 0 Å². The Hall–Kier alpha value is -2.64. The number of methoxy groups -OCH3 is 1. The molecule has 3 rings (SSSR count). The van der Waals surface area contributed by atoms with E-state index < -0.39 is 0 Å². The quantitative estimate of drug-likeness (QED) is 0.775. The number of aromatic nitrogens is 1. The number of nitrogens with one attached hydrogen (secondary N) is 1. The number of benzene rings is 1. The molecule has 2 N–H and O–H groups in total. The predicted octanol–water partition coefficient (Wildman–Crippen LogP) is 2.20. The number of fused-ring (bicyclic) bond motifs is 1. The number of carbonyl (C=O) groups excluding carboxylic acids is 1. The predicted molar refractivity (Wildman–Crippen MR) is 111 cm³/mol. The Bertz CT molecular complexity index is 840. The molecule has 0 spiro atoms. The Morgan fingerprint density at radius 2 is 2.07 bits per heavy atom. The summed E-state index contributed by atoms with van der Waals surface area (Å²) in [5.74, 6) is 0.990. The van der Waals surface area contributed by atoms with Crippen LogP contribution in [0.3, 0.4) is 0 Å². The molecule has 7 heteroatoms. The fourth-order valence-corrected chi connectivity index (χ4v) is 3.49. The summed E-state index contributed by atoms with van der Waals surface area (Å²) in [5, 5.41) is 12.8. The lowest BCUT2D eigenvalue weighted by Crippen LogP contribution is -2.49. The summed E-state index contributed by atoms with van der Waals surface area (Å²) in [4.78, 5) is 19.5. The number of aliphatic hydroxyl groups excluding tert-OH is 1. The smallest absolute Gasteiger partial charge is 0.259 e. The highest BCUT2D eigenvalue weighted by Crippen LogP contribution is 2.30. The fourth-order valence-electron chi connectivity index (χ4n) is 3.49. The molecule has 7 nitrogen and oxygen atoms in total. The van der Waals surface area contributed by atoms with Crippen LogP contribution < -0.4 is 14.8 Å². The van der Waals surface area contributed by atoms with E-state index in [1.807, 2.05) is 51.2 Å². The number of likely N-dealkylation sites (N-methyl/N-ethyl adjacent to an activating group) is 1. The van der Waals surface area contributed by atoms with Crippen LogP contribution in [0.5, 0.6) is 11.6 Å². The lowest BCUT2D eigenvalue weighted by molar-refractivity contribution is 0.0404. The molecule has 0 unspecified atom stereocenters. The number of nitrogens with zero attached hydrogens (tertiary/aromatic N) is 2. The van der Waals surface area contributed by atoms with Crippen LogP contribution in [0.4, 0.5) is 0 Å². The zero-order chi connectivity index (χ0) is 21.0. The van der Waals surface area contributed by atoms with Gasteiger partial charge in [0.1, 0.15) is 17.4 Å². The van der Waals surface area contributed by atoms with E-state index in [4.69, 9.17) is 9.47 Å². The molecule has 1 aromatic carbocycles. The molecule has 0 fully saturated rings. The van der Waals surface area contributed by atoms with Gasteiger partial charge in [-0.3, -0.25) is 4.79 Å². The number of rotatable bonds is 6. The summed E-state index contributed by atoms with van der Waals surface area (Å²) in [6.45, 7) is 4.93. The van der Waals surface area contributed by atoms with Gasteiger partial charge in [-0.15, -0.1) is 0 Å². The van der Waals surface area contributed by atoms with Crippen LogP contribution in [-0.2, 0) is 0 Å². The number of hydrogen-bond acceptors (Lipinski definition) is 6. The van der Waals surface area contributed by atoms with E-state index in [-0.39, 0.29) is 30.6 Å². The lowest BCUT2D eigenvalue weighted by atomic mass is 9.99. The number of aliphatic hydroxyl groups is 1. The van der Waals surface area contributed by atoms with Crippen LogP contribution in [0, 0.1) is 5.92 Å². The molecule has 156 valence electrons. The molecule has 2 aromatic rings. The van der Waals surface area contributed by atoms with Crippen molar-refractivity contribution < 1.29 is 19.4 Å². The SMILES string of the molecule is CNC[C@@H]1Oc2ncc(-c3ccc(OC)cc3)cc2C(=O)N([C@H](C)CO)C[C@@H]1C. The van der Waals surface area contributed by atoms with Gasteiger partial charge in [0.15, 0.2) is 0 Å². The molecule has 0 aliphatic carbocycles. The zero-order valence-corrected chi connectivity index (χ0v) is 17.4. The third-order valence-corrected chi connectivity index (χ3v) is 5.35. The molecule has 0 bridgehead atoms. The second-order valence-electron chi connectivity index (χ2n) is 7.49. The maximum atomic E-state index is 13.3. The molecule has 1 aliphatic heterocycles. The number of ether oxygens (including phenoxy) is 2. The normalized spacial score (nSPS) is 20.3. The molecule has 0 saturated carbocycles. The molecule has 29 heavy (non-hydrogen) atoms. The largest absolute Gasteiger partial charge is 0.497 e. The van der Waals surface area contributed by atoms with Crippen LogP contribution >= 0.6 is 0 Å². The Kier molecular flexibility index (Phi) is 6.71. The summed E-state index contributed by atoms with van der Waals surface area (Å²) in [5.41, 5.74) is 2.16. The van der Waals surface area contributed by atoms with Crippen molar-refractivity contribution in [2.24, 2.45) is 5.92 Å². The van der Waals surface area contributed by atoms with Crippen molar-refractivity contribution in [3.05, 3.63) is 42.1 Å². The lowest BCUT2D eigenvalue weighted by Gasteiger charge is -2.36. The van der Waals surface area contributed by atoms with Crippen LogP contribution in [0.1, 0.15) is 24.2 Å². The molecule has 1 aromatic heterocycles. The molecule has 3 atom stereocenters. The number of hydrogen-bond donors (Lipinski definition) is 2. The molecular weight excluding hydrogens is 370 g/mol. The first kappa shape index (κ1) is 21.1. The van der Waals surface area contributed by atoms with Gasteiger partial charge in [-0.1, -0.05) is 19.1 Å². The van der Waals surface area contributed by atoms with E-state index >= 15 is 0 Å². The Labute approximate surface area is 171 Å². The molecule has 1 aliphatic rings. The summed E-state index contributed by atoms with van der Waals surface area (Å²) in [7, 11) is 3.49. The van der Waals surface area contributed by atoms with Crippen molar-refractivity contribution in [2.45, 2.75) is 26.0 Å². The van der Waals surface area contributed by atoms with Gasteiger partial charge in [0.25, 0.3) is 5.91 Å². The van der Waals surface area contributed by atoms with Gasteiger partial charge in [0.05, 0.1) is 19.8 Å². The van der Waals surface area contributed by atoms with Gasteiger partial charge in [-0.25, -0.2) is 4.98 Å². The molecular formula is C22H29N3O4. The second-order valence-corrected chi connectivity index (χ2v) is 7.49. The Morgan fingerprint density at radius 1 is 1.34 bits per heavy atom. The van der Waals surface area contributed by atoms with Crippen molar-refractivity contribution in [1.29, 1.82) is 0 Å². The molecule has 0 radical (unpaired) electrons. The van der Waals surface area contributed by atoms with Gasteiger partial charge < -0.3 is 24.8 Å². The fraction of sp³-hybridized carbons (Fsp3) is 0.455. The van der Waals surface area contributed by atoms with Gasteiger partial charge >= 0.3 is 0 Å².